The average molecular weight is 263 g/mol. The van der Waals surface area contributed by atoms with Crippen LogP contribution in [0.2, 0.25) is 0 Å². The second-order valence-electron chi connectivity index (χ2n) is 3.48. The first-order chi connectivity index (χ1) is 8.74. The van der Waals surface area contributed by atoms with Gasteiger partial charge < -0.3 is 9.47 Å². The summed E-state index contributed by atoms with van der Waals surface area (Å²) in [6, 6.07) is 7.61. The van der Waals surface area contributed by atoms with E-state index >= 15 is 0 Å². The fourth-order valence-electron chi connectivity index (χ4n) is 1.45. The molecule has 0 aliphatic carbocycles. The normalized spacial score (nSPS) is 10.1. The molecule has 5 heteroatoms. The molecule has 2 aromatic rings. The molecule has 1 heterocycles. The van der Waals surface area contributed by atoms with Gasteiger partial charge in [-0.15, -0.1) is 11.3 Å². The smallest absolute Gasteiger partial charge is 0.367 e. The van der Waals surface area contributed by atoms with Gasteiger partial charge in [0.2, 0.25) is 5.01 Å². The van der Waals surface area contributed by atoms with E-state index in [2.05, 4.69) is 4.98 Å². The number of methoxy groups -OCH3 is 1. The molecule has 1 aromatic heterocycles. The Hall–Kier alpha value is -1.88. The van der Waals surface area contributed by atoms with Crippen LogP contribution >= 0.6 is 11.3 Å². The summed E-state index contributed by atoms with van der Waals surface area (Å²) in [7, 11) is 1.63. The standard InChI is InChI=1S/C13H13NO3S/c1-3-17-13(15)12-14-8-11(18-12)9-4-6-10(16-2)7-5-9/h4-8H,3H2,1-2H3. The number of carbonyl (C=O) groups excluding carboxylic acids is 1. The number of thiazole rings is 1. The number of esters is 1. The van der Waals surface area contributed by atoms with Crippen LogP contribution in [0.3, 0.4) is 0 Å². The second kappa shape index (κ2) is 5.64. The number of rotatable bonds is 4. The minimum absolute atomic E-state index is 0.357. The van der Waals surface area contributed by atoms with E-state index in [9.17, 15) is 4.79 Å². The van der Waals surface area contributed by atoms with Gasteiger partial charge in [0.15, 0.2) is 0 Å². The molecule has 4 nitrogen and oxygen atoms in total. The summed E-state index contributed by atoms with van der Waals surface area (Å²) in [5.41, 5.74) is 1.00. The van der Waals surface area contributed by atoms with E-state index in [0.717, 1.165) is 16.2 Å². The van der Waals surface area contributed by atoms with Crippen molar-refractivity contribution in [1.29, 1.82) is 0 Å². The van der Waals surface area contributed by atoms with Crippen molar-refractivity contribution in [3.8, 4) is 16.2 Å². The van der Waals surface area contributed by atoms with Crippen molar-refractivity contribution in [2.45, 2.75) is 6.92 Å². The van der Waals surface area contributed by atoms with Gasteiger partial charge in [-0.1, -0.05) is 0 Å². The fourth-order valence-corrected chi connectivity index (χ4v) is 2.27. The third-order valence-corrected chi connectivity index (χ3v) is 3.36. The maximum atomic E-state index is 11.5. The zero-order valence-corrected chi connectivity index (χ0v) is 11.0. The predicted molar refractivity (Wildman–Crippen MR) is 70.1 cm³/mol. The number of benzene rings is 1. The lowest BCUT2D eigenvalue weighted by atomic mass is 10.2. The van der Waals surface area contributed by atoms with E-state index in [1.807, 2.05) is 24.3 Å². The van der Waals surface area contributed by atoms with Crippen LogP contribution in [0, 0.1) is 0 Å². The van der Waals surface area contributed by atoms with Gasteiger partial charge >= 0.3 is 5.97 Å². The quantitative estimate of drug-likeness (QED) is 0.796. The summed E-state index contributed by atoms with van der Waals surface area (Å²) in [5, 5.41) is 0.377. The first-order valence-electron chi connectivity index (χ1n) is 5.52. The average Bonchev–Trinajstić information content (AvgIpc) is 2.89. The minimum Gasteiger partial charge on any atom is -0.497 e. The summed E-state index contributed by atoms with van der Waals surface area (Å²) in [5.74, 6) is 0.427. The maximum absolute atomic E-state index is 11.5. The van der Waals surface area contributed by atoms with E-state index in [0.29, 0.717) is 11.6 Å². The van der Waals surface area contributed by atoms with Crippen LogP contribution in [0.15, 0.2) is 30.5 Å². The third-order valence-electron chi connectivity index (χ3n) is 2.33. The van der Waals surface area contributed by atoms with E-state index in [1.54, 1.807) is 20.2 Å². The van der Waals surface area contributed by atoms with Crippen molar-refractivity contribution in [3.63, 3.8) is 0 Å². The van der Waals surface area contributed by atoms with Crippen LogP contribution in [0.5, 0.6) is 5.75 Å². The van der Waals surface area contributed by atoms with E-state index in [1.165, 1.54) is 11.3 Å². The Labute approximate surface area is 109 Å². The fraction of sp³-hybridized carbons (Fsp3) is 0.231. The van der Waals surface area contributed by atoms with Gasteiger partial charge in [0.1, 0.15) is 5.75 Å². The molecule has 0 aliphatic heterocycles. The molecule has 0 spiro atoms. The highest BCUT2D eigenvalue weighted by Crippen LogP contribution is 2.27. The van der Waals surface area contributed by atoms with Gasteiger partial charge in [-0.25, -0.2) is 9.78 Å². The number of nitrogens with zero attached hydrogens (tertiary/aromatic N) is 1. The highest BCUT2D eigenvalue weighted by Gasteiger charge is 2.12. The van der Waals surface area contributed by atoms with Crippen LogP contribution in [0.4, 0.5) is 0 Å². The van der Waals surface area contributed by atoms with Crippen LogP contribution in [0.1, 0.15) is 16.7 Å². The van der Waals surface area contributed by atoms with Gasteiger partial charge in [-0.2, -0.15) is 0 Å². The Morgan fingerprint density at radius 2 is 2.06 bits per heavy atom. The van der Waals surface area contributed by atoms with Gasteiger partial charge in [-0.3, -0.25) is 0 Å². The molecule has 0 radical (unpaired) electrons. The van der Waals surface area contributed by atoms with Gasteiger partial charge in [-0.05, 0) is 36.8 Å². The molecular formula is C13H13NO3S. The molecule has 0 atom stereocenters. The van der Waals surface area contributed by atoms with Crippen molar-refractivity contribution in [2.24, 2.45) is 0 Å². The van der Waals surface area contributed by atoms with Gasteiger partial charge in [0, 0.05) is 6.20 Å². The first-order valence-corrected chi connectivity index (χ1v) is 6.33. The SMILES string of the molecule is CCOC(=O)c1ncc(-c2ccc(OC)cc2)s1. The summed E-state index contributed by atoms with van der Waals surface area (Å²) in [6.45, 7) is 2.13. The molecule has 1 aromatic carbocycles. The highest BCUT2D eigenvalue weighted by atomic mass is 32.1. The number of hydrogen-bond acceptors (Lipinski definition) is 5. The Morgan fingerprint density at radius 3 is 2.67 bits per heavy atom. The van der Waals surface area contributed by atoms with Gasteiger partial charge in [0.05, 0.1) is 18.6 Å². The molecule has 0 amide bonds. The molecule has 94 valence electrons. The highest BCUT2D eigenvalue weighted by molar-refractivity contribution is 7.16. The van der Waals surface area contributed by atoms with Gasteiger partial charge in [0.25, 0.3) is 0 Å². The number of hydrogen-bond donors (Lipinski definition) is 0. The zero-order chi connectivity index (χ0) is 13.0. The molecule has 0 bridgehead atoms. The Morgan fingerprint density at radius 1 is 1.33 bits per heavy atom. The van der Waals surface area contributed by atoms with Crippen LogP contribution < -0.4 is 4.74 Å². The molecule has 0 fully saturated rings. The monoisotopic (exact) mass is 263 g/mol. The van der Waals surface area contributed by atoms with Crippen LogP contribution in [-0.2, 0) is 4.74 Å². The molecule has 2 rings (SSSR count). The first kappa shape index (κ1) is 12.6. The number of carbonyl (C=O) groups is 1. The molecule has 0 N–H and O–H groups in total. The zero-order valence-electron chi connectivity index (χ0n) is 10.2. The minimum atomic E-state index is -0.373. The lowest BCUT2D eigenvalue weighted by Gasteiger charge is -2.00. The van der Waals surface area contributed by atoms with Crippen LogP contribution in [0.25, 0.3) is 10.4 Å². The summed E-state index contributed by atoms with van der Waals surface area (Å²) >= 11 is 1.32. The third kappa shape index (κ3) is 2.68. The summed E-state index contributed by atoms with van der Waals surface area (Å²) < 4.78 is 10.00. The van der Waals surface area contributed by atoms with Crippen molar-refractivity contribution in [2.75, 3.05) is 13.7 Å². The lowest BCUT2D eigenvalue weighted by Crippen LogP contribution is -2.03. The molecule has 0 unspecified atom stereocenters. The topological polar surface area (TPSA) is 48.4 Å². The van der Waals surface area contributed by atoms with Crippen molar-refractivity contribution < 1.29 is 14.3 Å². The predicted octanol–water partition coefficient (Wildman–Crippen LogP) is 3.00. The Kier molecular flexibility index (Phi) is 3.94. The molecular weight excluding hydrogens is 250 g/mol. The van der Waals surface area contributed by atoms with Crippen molar-refractivity contribution in [1.82, 2.24) is 4.98 Å². The largest absolute Gasteiger partial charge is 0.497 e. The maximum Gasteiger partial charge on any atom is 0.367 e. The molecule has 18 heavy (non-hydrogen) atoms. The van der Waals surface area contributed by atoms with E-state index < -0.39 is 0 Å². The van der Waals surface area contributed by atoms with E-state index in [-0.39, 0.29) is 5.97 Å². The van der Waals surface area contributed by atoms with Crippen molar-refractivity contribution in [3.05, 3.63) is 35.5 Å². The number of ether oxygens (including phenoxy) is 2. The van der Waals surface area contributed by atoms with E-state index in [4.69, 9.17) is 9.47 Å². The molecule has 0 aliphatic rings. The number of aromatic nitrogens is 1. The second-order valence-corrected chi connectivity index (χ2v) is 4.51. The van der Waals surface area contributed by atoms with Crippen LogP contribution in [-0.4, -0.2) is 24.7 Å². The molecule has 0 saturated carbocycles. The Balaban J connectivity index is 2.20. The van der Waals surface area contributed by atoms with Crippen molar-refractivity contribution >= 4 is 17.3 Å². The Bertz CT molecular complexity index is 533. The lowest BCUT2D eigenvalue weighted by molar-refractivity contribution is 0.0526. The summed E-state index contributed by atoms with van der Waals surface area (Å²) in [6.07, 6.45) is 1.68. The summed E-state index contributed by atoms with van der Waals surface area (Å²) in [4.78, 5) is 16.5. The molecule has 0 saturated heterocycles.